The summed E-state index contributed by atoms with van der Waals surface area (Å²) >= 11 is 0. The van der Waals surface area contributed by atoms with Crippen LogP contribution in [0.5, 0.6) is 11.5 Å². The molecule has 0 spiro atoms. The molecule has 4 rings (SSSR count). The Morgan fingerprint density at radius 2 is 1.37 bits per heavy atom. The van der Waals surface area contributed by atoms with Gasteiger partial charge in [0, 0.05) is 64.8 Å². The molecule has 0 bridgehead atoms. The SMILES string of the molecule is COc1ccc(C(=O)N2CCN(C(C(=O)N3CCN(C(C)=O)CC3)C3CCCC3)CC2)cc1OC. The lowest BCUT2D eigenvalue weighted by Crippen LogP contribution is -2.60. The van der Waals surface area contributed by atoms with E-state index in [0.29, 0.717) is 75.3 Å². The number of piperazine rings is 2. The number of nitrogens with zero attached hydrogens (tertiary/aromatic N) is 4. The molecule has 0 N–H and O–H groups in total. The van der Waals surface area contributed by atoms with Gasteiger partial charge < -0.3 is 24.2 Å². The lowest BCUT2D eigenvalue weighted by Gasteiger charge is -2.44. The minimum Gasteiger partial charge on any atom is -0.493 e. The summed E-state index contributed by atoms with van der Waals surface area (Å²) in [4.78, 5) is 46.5. The molecule has 1 atom stereocenters. The molecule has 0 aromatic heterocycles. The number of methoxy groups -OCH3 is 2. The van der Waals surface area contributed by atoms with E-state index in [1.807, 2.05) is 14.7 Å². The maximum Gasteiger partial charge on any atom is 0.254 e. The van der Waals surface area contributed by atoms with Gasteiger partial charge in [-0.25, -0.2) is 0 Å². The lowest BCUT2D eigenvalue weighted by atomic mass is 9.94. The Labute approximate surface area is 207 Å². The van der Waals surface area contributed by atoms with Gasteiger partial charge in [0.2, 0.25) is 11.8 Å². The van der Waals surface area contributed by atoms with Gasteiger partial charge in [-0.15, -0.1) is 0 Å². The molecule has 9 nitrogen and oxygen atoms in total. The first-order chi connectivity index (χ1) is 16.9. The third-order valence-electron chi connectivity index (χ3n) is 7.76. The van der Waals surface area contributed by atoms with Crippen LogP contribution in [0.2, 0.25) is 0 Å². The quantitative estimate of drug-likeness (QED) is 0.609. The molecule has 1 aromatic rings. The van der Waals surface area contributed by atoms with E-state index >= 15 is 0 Å². The van der Waals surface area contributed by atoms with Crippen LogP contribution < -0.4 is 9.47 Å². The Bertz CT molecular complexity index is 916. The highest BCUT2D eigenvalue weighted by Crippen LogP contribution is 2.33. The topological polar surface area (TPSA) is 82.6 Å². The van der Waals surface area contributed by atoms with Gasteiger partial charge in [0.15, 0.2) is 11.5 Å². The summed E-state index contributed by atoms with van der Waals surface area (Å²) < 4.78 is 10.6. The zero-order valence-corrected chi connectivity index (χ0v) is 21.2. The first kappa shape index (κ1) is 25.3. The molecule has 1 saturated carbocycles. The normalized spacial score (nSPS) is 20.6. The van der Waals surface area contributed by atoms with Crippen molar-refractivity contribution >= 4 is 17.7 Å². The van der Waals surface area contributed by atoms with Crippen LogP contribution in [0.3, 0.4) is 0 Å². The van der Waals surface area contributed by atoms with Crippen LogP contribution >= 0.6 is 0 Å². The molecule has 9 heteroatoms. The Morgan fingerprint density at radius 3 is 1.94 bits per heavy atom. The van der Waals surface area contributed by atoms with Gasteiger partial charge in [-0.2, -0.15) is 0 Å². The molecule has 3 aliphatic rings. The standard InChI is InChI=1S/C26H38N4O5/c1-19(31)27-10-14-30(15-11-27)26(33)24(20-6-4-5-7-20)28-12-16-29(17-13-28)25(32)21-8-9-22(34-2)23(18-21)35-3/h8-9,18,20,24H,4-7,10-17H2,1-3H3. The van der Waals surface area contributed by atoms with E-state index in [1.54, 1.807) is 39.3 Å². The van der Waals surface area contributed by atoms with Gasteiger partial charge in [-0.3, -0.25) is 19.3 Å². The van der Waals surface area contributed by atoms with E-state index in [4.69, 9.17) is 9.47 Å². The van der Waals surface area contributed by atoms with E-state index in [1.165, 1.54) is 12.8 Å². The van der Waals surface area contributed by atoms with Crippen LogP contribution in [0.4, 0.5) is 0 Å². The van der Waals surface area contributed by atoms with Gasteiger partial charge in [0.05, 0.1) is 20.3 Å². The Hall–Kier alpha value is -2.81. The van der Waals surface area contributed by atoms with Gasteiger partial charge in [0.1, 0.15) is 0 Å². The first-order valence-corrected chi connectivity index (χ1v) is 12.7. The number of hydrogen-bond acceptors (Lipinski definition) is 6. The maximum atomic E-state index is 13.7. The summed E-state index contributed by atoms with van der Waals surface area (Å²) in [6.07, 6.45) is 4.50. The smallest absolute Gasteiger partial charge is 0.254 e. The van der Waals surface area contributed by atoms with Crippen molar-refractivity contribution < 1.29 is 23.9 Å². The molecule has 2 aliphatic heterocycles. The van der Waals surface area contributed by atoms with Crippen LogP contribution in [-0.4, -0.2) is 110 Å². The largest absolute Gasteiger partial charge is 0.493 e. The number of amides is 3. The zero-order valence-electron chi connectivity index (χ0n) is 21.2. The van der Waals surface area contributed by atoms with E-state index in [-0.39, 0.29) is 23.8 Å². The molecule has 3 fully saturated rings. The second-order valence-electron chi connectivity index (χ2n) is 9.72. The third kappa shape index (κ3) is 5.55. The predicted octanol–water partition coefficient (Wildman–Crippen LogP) is 1.71. The summed E-state index contributed by atoms with van der Waals surface area (Å²) in [5.74, 6) is 1.72. The molecule has 3 amide bonds. The van der Waals surface area contributed by atoms with Crippen molar-refractivity contribution in [1.29, 1.82) is 0 Å². The predicted molar refractivity (Wildman–Crippen MR) is 132 cm³/mol. The Kier molecular flexibility index (Phi) is 8.15. The summed E-state index contributed by atoms with van der Waals surface area (Å²) in [5.41, 5.74) is 0.572. The van der Waals surface area contributed by atoms with Gasteiger partial charge in [-0.1, -0.05) is 12.8 Å². The van der Waals surface area contributed by atoms with Crippen molar-refractivity contribution in [2.24, 2.45) is 5.92 Å². The van der Waals surface area contributed by atoms with Crippen molar-refractivity contribution in [3.8, 4) is 11.5 Å². The summed E-state index contributed by atoms with van der Waals surface area (Å²) in [6, 6.07) is 5.10. The average molecular weight is 487 g/mol. The third-order valence-corrected chi connectivity index (χ3v) is 7.76. The highest BCUT2D eigenvalue weighted by Gasteiger charge is 2.40. The van der Waals surface area contributed by atoms with Crippen LogP contribution in [0.1, 0.15) is 43.0 Å². The molecule has 2 heterocycles. The minimum atomic E-state index is -0.139. The van der Waals surface area contributed by atoms with E-state index in [9.17, 15) is 14.4 Å². The summed E-state index contributed by atoms with van der Waals surface area (Å²) in [7, 11) is 3.13. The average Bonchev–Trinajstić information content (AvgIpc) is 3.42. The Morgan fingerprint density at radius 1 is 0.800 bits per heavy atom. The van der Waals surface area contributed by atoms with Crippen molar-refractivity contribution in [3.05, 3.63) is 23.8 Å². The zero-order chi connectivity index (χ0) is 24.9. The summed E-state index contributed by atoms with van der Waals surface area (Å²) in [6.45, 7) is 6.51. The second-order valence-corrected chi connectivity index (χ2v) is 9.72. The number of carbonyl (C=O) groups excluding carboxylic acids is 3. The summed E-state index contributed by atoms with van der Waals surface area (Å²) in [5, 5.41) is 0. The van der Waals surface area contributed by atoms with Crippen molar-refractivity contribution in [3.63, 3.8) is 0 Å². The highest BCUT2D eigenvalue weighted by molar-refractivity contribution is 5.95. The number of carbonyl (C=O) groups is 3. The molecule has 1 aliphatic carbocycles. The number of ether oxygens (including phenoxy) is 2. The Balaban J connectivity index is 1.41. The second kappa shape index (κ2) is 11.3. The number of benzene rings is 1. The lowest BCUT2D eigenvalue weighted by molar-refractivity contribution is -0.144. The van der Waals surface area contributed by atoms with Gasteiger partial charge in [-0.05, 0) is 37.0 Å². The van der Waals surface area contributed by atoms with Crippen molar-refractivity contribution in [2.75, 3.05) is 66.6 Å². The van der Waals surface area contributed by atoms with Crippen molar-refractivity contribution in [2.45, 2.75) is 38.6 Å². The molecule has 1 aromatic carbocycles. The fourth-order valence-electron chi connectivity index (χ4n) is 5.71. The molecule has 35 heavy (non-hydrogen) atoms. The highest BCUT2D eigenvalue weighted by atomic mass is 16.5. The number of rotatable bonds is 6. The molecule has 192 valence electrons. The van der Waals surface area contributed by atoms with Gasteiger partial charge in [0.25, 0.3) is 5.91 Å². The maximum absolute atomic E-state index is 13.7. The van der Waals surface area contributed by atoms with E-state index < -0.39 is 0 Å². The first-order valence-electron chi connectivity index (χ1n) is 12.7. The van der Waals surface area contributed by atoms with E-state index in [0.717, 1.165) is 12.8 Å². The molecule has 0 radical (unpaired) electrons. The molecular formula is C26H38N4O5. The van der Waals surface area contributed by atoms with Gasteiger partial charge >= 0.3 is 0 Å². The monoisotopic (exact) mass is 486 g/mol. The molecule has 2 saturated heterocycles. The fraction of sp³-hybridized carbons (Fsp3) is 0.654. The number of hydrogen-bond donors (Lipinski definition) is 0. The van der Waals surface area contributed by atoms with Crippen LogP contribution in [0.25, 0.3) is 0 Å². The van der Waals surface area contributed by atoms with Crippen molar-refractivity contribution in [1.82, 2.24) is 19.6 Å². The van der Waals surface area contributed by atoms with Crippen LogP contribution in [-0.2, 0) is 9.59 Å². The molecular weight excluding hydrogens is 448 g/mol. The van der Waals surface area contributed by atoms with Crippen LogP contribution in [0, 0.1) is 5.92 Å². The minimum absolute atomic E-state index is 0.0327. The fourth-order valence-corrected chi connectivity index (χ4v) is 5.71. The van der Waals surface area contributed by atoms with Crippen LogP contribution in [0.15, 0.2) is 18.2 Å². The van der Waals surface area contributed by atoms with E-state index in [2.05, 4.69) is 4.90 Å². The molecule has 1 unspecified atom stereocenters.